The molecular weight excluding hydrogens is 384 g/mol. The van der Waals surface area contributed by atoms with Gasteiger partial charge >= 0.3 is 12.1 Å². The number of carbonyl (C=O) groups is 3. The number of benzene rings is 2. The van der Waals surface area contributed by atoms with Crippen LogP contribution in [-0.2, 0) is 20.7 Å². The van der Waals surface area contributed by atoms with Crippen molar-refractivity contribution in [1.82, 2.24) is 5.32 Å². The van der Waals surface area contributed by atoms with E-state index in [4.69, 9.17) is 4.74 Å². The molecule has 7 nitrogen and oxygen atoms in total. The van der Waals surface area contributed by atoms with Gasteiger partial charge in [0.15, 0.2) is 0 Å². The van der Waals surface area contributed by atoms with Gasteiger partial charge in [0.25, 0.3) is 0 Å². The van der Waals surface area contributed by atoms with Crippen molar-refractivity contribution in [1.29, 1.82) is 0 Å². The highest BCUT2D eigenvalue weighted by molar-refractivity contribution is 6.06. The van der Waals surface area contributed by atoms with Gasteiger partial charge in [-0.2, -0.15) is 0 Å². The zero-order valence-corrected chi connectivity index (χ0v) is 17.5. The topological polar surface area (TPSA) is 95.9 Å². The average molecular weight is 410 g/mol. The van der Waals surface area contributed by atoms with Gasteiger partial charge in [0, 0.05) is 19.2 Å². The number of ether oxygens (including phenoxy) is 1. The van der Waals surface area contributed by atoms with Crippen molar-refractivity contribution < 1.29 is 24.2 Å². The fourth-order valence-corrected chi connectivity index (χ4v) is 3.57. The lowest BCUT2D eigenvalue weighted by Crippen LogP contribution is -2.44. The van der Waals surface area contributed by atoms with E-state index in [1.54, 1.807) is 38.8 Å². The van der Waals surface area contributed by atoms with Crippen molar-refractivity contribution in [2.24, 2.45) is 0 Å². The van der Waals surface area contributed by atoms with Gasteiger partial charge in [0.1, 0.15) is 11.6 Å². The van der Waals surface area contributed by atoms with Crippen LogP contribution in [0.5, 0.6) is 0 Å². The summed E-state index contributed by atoms with van der Waals surface area (Å²) in [6.07, 6.45) is -0.713. The van der Waals surface area contributed by atoms with E-state index < -0.39 is 29.6 Å². The summed E-state index contributed by atoms with van der Waals surface area (Å²) < 4.78 is 5.17. The molecule has 2 N–H and O–H groups in total. The summed E-state index contributed by atoms with van der Waals surface area (Å²) in [4.78, 5) is 38.2. The number of aliphatic carboxylic acids is 1. The first-order valence-corrected chi connectivity index (χ1v) is 9.74. The van der Waals surface area contributed by atoms with E-state index in [1.807, 2.05) is 42.5 Å². The number of nitrogens with zero attached hydrogens (tertiary/aromatic N) is 1. The number of fused-ring (bicyclic) bond motifs is 1. The summed E-state index contributed by atoms with van der Waals surface area (Å²) in [5, 5.41) is 12.0. The summed E-state index contributed by atoms with van der Waals surface area (Å²) in [6, 6.07) is 13.8. The Bertz CT molecular complexity index is 965. The molecule has 0 radical (unpaired) electrons. The molecular formula is C23H26N2O5. The van der Waals surface area contributed by atoms with Gasteiger partial charge in [0.2, 0.25) is 5.91 Å². The van der Waals surface area contributed by atoms with Gasteiger partial charge in [0.05, 0.1) is 5.92 Å². The van der Waals surface area contributed by atoms with Crippen LogP contribution in [0.1, 0.15) is 43.4 Å². The molecule has 0 spiro atoms. The Kier molecular flexibility index (Phi) is 5.82. The fourth-order valence-electron chi connectivity index (χ4n) is 3.57. The smallest absolute Gasteiger partial charge is 0.408 e. The molecule has 1 aliphatic heterocycles. The Morgan fingerprint density at radius 1 is 1.17 bits per heavy atom. The van der Waals surface area contributed by atoms with Crippen LogP contribution in [0, 0.1) is 0 Å². The van der Waals surface area contributed by atoms with Crippen LogP contribution in [0.15, 0.2) is 48.5 Å². The first-order valence-electron chi connectivity index (χ1n) is 9.74. The summed E-state index contributed by atoms with van der Waals surface area (Å²) in [7, 11) is 1.73. The van der Waals surface area contributed by atoms with Crippen LogP contribution in [-0.4, -0.2) is 41.8 Å². The molecule has 1 aliphatic rings. The van der Waals surface area contributed by atoms with Gasteiger partial charge < -0.3 is 20.1 Å². The molecule has 3 rings (SSSR count). The number of alkyl carbamates (subject to hydrolysis) is 1. The number of carboxylic acids is 1. The minimum atomic E-state index is -1.16. The molecule has 7 heteroatoms. The van der Waals surface area contributed by atoms with E-state index in [1.165, 1.54) is 0 Å². The molecule has 30 heavy (non-hydrogen) atoms. The molecule has 2 amide bonds. The summed E-state index contributed by atoms with van der Waals surface area (Å²) >= 11 is 0. The lowest BCUT2D eigenvalue weighted by molar-refractivity contribution is -0.139. The van der Waals surface area contributed by atoms with E-state index in [0.29, 0.717) is 5.56 Å². The summed E-state index contributed by atoms with van der Waals surface area (Å²) in [5.41, 5.74) is 2.49. The number of likely N-dealkylation sites (N-methyl/N-ethyl adjacent to an activating group) is 1. The largest absolute Gasteiger partial charge is 0.480 e. The third-order valence-electron chi connectivity index (χ3n) is 4.90. The van der Waals surface area contributed by atoms with E-state index in [2.05, 4.69) is 5.32 Å². The SMILES string of the molecule is CN1C(=O)C(c2ccccc2)c2cc(CC(NC(=O)OC(C)(C)C)C(=O)O)ccc21. The highest BCUT2D eigenvalue weighted by Crippen LogP contribution is 2.40. The Morgan fingerprint density at radius 3 is 2.43 bits per heavy atom. The molecule has 1 heterocycles. The molecule has 2 aromatic carbocycles. The molecule has 0 aliphatic carbocycles. The van der Waals surface area contributed by atoms with Crippen LogP contribution in [0.2, 0.25) is 0 Å². The molecule has 0 aromatic heterocycles. The van der Waals surface area contributed by atoms with Crippen LogP contribution in [0.25, 0.3) is 0 Å². The van der Waals surface area contributed by atoms with E-state index in [-0.39, 0.29) is 12.3 Å². The number of carbonyl (C=O) groups excluding carboxylic acids is 2. The summed E-state index contributed by atoms with van der Waals surface area (Å²) in [6.45, 7) is 5.13. The minimum Gasteiger partial charge on any atom is -0.480 e. The molecule has 0 saturated heterocycles. The number of anilines is 1. The first-order chi connectivity index (χ1) is 14.1. The highest BCUT2D eigenvalue weighted by atomic mass is 16.6. The zero-order chi connectivity index (χ0) is 22.1. The van der Waals surface area contributed by atoms with Crippen LogP contribution < -0.4 is 10.2 Å². The second-order valence-electron chi connectivity index (χ2n) is 8.38. The molecule has 0 fully saturated rings. The van der Waals surface area contributed by atoms with Crippen molar-refractivity contribution in [3.05, 3.63) is 65.2 Å². The van der Waals surface area contributed by atoms with Crippen molar-refractivity contribution in [2.45, 2.75) is 44.8 Å². The minimum absolute atomic E-state index is 0.0324. The number of amides is 2. The van der Waals surface area contributed by atoms with E-state index in [9.17, 15) is 19.5 Å². The van der Waals surface area contributed by atoms with Crippen molar-refractivity contribution in [2.75, 3.05) is 11.9 Å². The number of hydrogen-bond donors (Lipinski definition) is 2. The number of hydrogen-bond acceptors (Lipinski definition) is 4. The molecule has 2 atom stereocenters. The quantitative estimate of drug-likeness (QED) is 0.788. The lowest BCUT2D eigenvalue weighted by Gasteiger charge is -2.22. The molecule has 2 aromatic rings. The maximum Gasteiger partial charge on any atom is 0.408 e. The standard InChI is InChI=1S/C23H26N2O5/c1-23(2,3)30-22(29)24-17(21(27)28)13-14-10-11-18-16(12-14)19(20(26)25(18)4)15-8-6-5-7-9-15/h5-12,17,19H,13H2,1-4H3,(H,24,29)(H,27,28). The van der Waals surface area contributed by atoms with Gasteiger partial charge in [-0.3, -0.25) is 4.79 Å². The fraction of sp³-hybridized carbons (Fsp3) is 0.348. The van der Waals surface area contributed by atoms with Gasteiger partial charge in [-0.05, 0) is 43.5 Å². The Balaban J connectivity index is 1.86. The first kappa shape index (κ1) is 21.4. The second-order valence-corrected chi connectivity index (χ2v) is 8.38. The number of carboxylic acid groups (broad SMARTS) is 1. The predicted molar refractivity (Wildman–Crippen MR) is 113 cm³/mol. The van der Waals surface area contributed by atoms with Crippen molar-refractivity contribution in [3.8, 4) is 0 Å². The average Bonchev–Trinajstić information content (AvgIpc) is 2.90. The molecule has 0 saturated carbocycles. The van der Waals surface area contributed by atoms with Crippen molar-refractivity contribution in [3.63, 3.8) is 0 Å². The van der Waals surface area contributed by atoms with Gasteiger partial charge in [-0.1, -0.05) is 42.5 Å². The Morgan fingerprint density at radius 2 is 1.83 bits per heavy atom. The number of rotatable bonds is 5. The van der Waals surface area contributed by atoms with Crippen molar-refractivity contribution >= 4 is 23.7 Å². The Labute approximate surface area is 175 Å². The molecule has 0 bridgehead atoms. The highest BCUT2D eigenvalue weighted by Gasteiger charge is 2.36. The maximum absolute atomic E-state index is 12.8. The zero-order valence-electron chi connectivity index (χ0n) is 17.5. The van der Waals surface area contributed by atoms with Crippen LogP contribution in [0.4, 0.5) is 10.5 Å². The van der Waals surface area contributed by atoms with Crippen LogP contribution in [0.3, 0.4) is 0 Å². The van der Waals surface area contributed by atoms with E-state index >= 15 is 0 Å². The predicted octanol–water partition coefficient (Wildman–Crippen LogP) is 3.32. The number of nitrogens with one attached hydrogen (secondary N) is 1. The van der Waals surface area contributed by atoms with Crippen LogP contribution >= 0.6 is 0 Å². The summed E-state index contributed by atoms with van der Waals surface area (Å²) in [5.74, 6) is -1.63. The third kappa shape index (κ3) is 4.62. The van der Waals surface area contributed by atoms with Gasteiger partial charge in [-0.25, -0.2) is 9.59 Å². The maximum atomic E-state index is 12.8. The molecule has 2 unspecified atom stereocenters. The normalized spacial score (nSPS) is 16.7. The lowest BCUT2D eigenvalue weighted by atomic mass is 9.90. The second kappa shape index (κ2) is 8.18. The Hall–Kier alpha value is -3.35. The van der Waals surface area contributed by atoms with E-state index in [0.717, 1.165) is 16.8 Å². The monoisotopic (exact) mass is 410 g/mol. The van der Waals surface area contributed by atoms with Gasteiger partial charge in [-0.15, -0.1) is 0 Å². The third-order valence-corrected chi connectivity index (χ3v) is 4.90. The molecule has 158 valence electrons.